The number of fused-ring (bicyclic) bond motifs is 1. The van der Waals surface area contributed by atoms with Crippen molar-refractivity contribution in [1.82, 2.24) is 14.9 Å². The number of nitrogens with zero attached hydrogens (tertiary/aromatic N) is 3. The first kappa shape index (κ1) is 17.7. The van der Waals surface area contributed by atoms with E-state index < -0.39 is 0 Å². The van der Waals surface area contributed by atoms with Crippen LogP contribution in [0.4, 0.5) is 0 Å². The van der Waals surface area contributed by atoms with Gasteiger partial charge in [0.05, 0.1) is 14.2 Å². The molecule has 3 rings (SSSR count). The zero-order chi connectivity index (χ0) is 17.8. The molecule has 0 radical (unpaired) electrons. The minimum Gasteiger partial charge on any atom is -0.496 e. The molecule has 134 valence electrons. The van der Waals surface area contributed by atoms with Gasteiger partial charge in [0.15, 0.2) is 0 Å². The molecule has 1 aromatic heterocycles. The third-order valence-corrected chi connectivity index (χ3v) is 4.79. The minimum absolute atomic E-state index is 0.851. The number of hydrogen-bond acceptors (Lipinski definition) is 5. The van der Waals surface area contributed by atoms with E-state index in [0.717, 1.165) is 61.8 Å². The van der Waals surface area contributed by atoms with Crippen molar-refractivity contribution >= 4 is 0 Å². The lowest BCUT2D eigenvalue weighted by molar-refractivity contribution is 0.238. The van der Waals surface area contributed by atoms with Gasteiger partial charge in [0, 0.05) is 61.1 Å². The Morgan fingerprint density at radius 3 is 2.76 bits per heavy atom. The molecule has 0 saturated heterocycles. The highest BCUT2D eigenvalue weighted by Crippen LogP contribution is 2.32. The Morgan fingerprint density at radius 2 is 2.04 bits per heavy atom. The van der Waals surface area contributed by atoms with Crippen LogP contribution in [0, 0.1) is 6.92 Å². The van der Waals surface area contributed by atoms with E-state index >= 15 is 0 Å². The molecule has 1 aliphatic rings. The Bertz CT molecular complexity index is 746. The van der Waals surface area contributed by atoms with Crippen molar-refractivity contribution in [3.8, 4) is 11.5 Å². The number of benzene rings is 1. The van der Waals surface area contributed by atoms with E-state index in [2.05, 4.69) is 22.9 Å². The van der Waals surface area contributed by atoms with Crippen LogP contribution in [0.25, 0.3) is 0 Å². The largest absolute Gasteiger partial charge is 0.496 e. The molecular formula is C20H27N3O2. The average Bonchev–Trinajstić information content (AvgIpc) is 2.62. The molecule has 0 fully saturated rings. The maximum absolute atomic E-state index is 5.64. The predicted octanol–water partition coefficient (Wildman–Crippen LogP) is 3.31. The molecule has 2 heterocycles. The molecule has 0 aliphatic carbocycles. The van der Waals surface area contributed by atoms with Gasteiger partial charge in [-0.05, 0) is 19.4 Å². The number of ether oxygens (including phenoxy) is 2. The first-order valence-electron chi connectivity index (χ1n) is 8.92. The van der Waals surface area contributed by atoms with E-state index in [-0.39, 0.29) is 0 Å². The molecule has 5 heteroatoms. The molecule has 0 spiro atoms. The third kappa shape index (κ3) is 3.76. The summed E-state index contributed by atoms with van der Waals surface area (Å²) >= 11 is 0. The molecule has 0 atom stereocenters. The van der Waals surface area contributed by atoms with Gasteiger partial charge in [-0.2, -0.15) is 0 Å². The Labute approximate surface area is 150 Å². The lowest BCUT2D eigenvalue weighted by Crippen LogP contribution is -2.31. The van der Waals surface area contributed by atoms with Crippen LogP contribution in [0.3, 0.4) is 0 Å². The number of rotatable bonds is 6. The molecule has 5 nitrogen and oxygen atoms in total. The summed E-state index contributed by atoms with van der Waals surface area (Å²) < 4.78 is 11.0. The lowest BCUT2D eigenvalue weighted by atomic mass is 10.0. The van der Waals surface area contributed by atoms with Gasteiger partial charge in [0.1, 0.15) is 17.3 Å². The van der Waals surface area contributed by atoms with Crippen molar-refractivity contribution in [2.45, 2.75) is 46.2 Å². The quantitative estimate of drug-likeness (QED) is 0.807. The molecule has 0 N–H and O–H groups in total. The Hall–Kier alpha value is -2.14. The smallest absolute Gasteiger partial charge is 0.129 e. The molecule has 1 aromatic carbocycles. The summed E-state index contributed by atoms with van der Waals surface area (Å²) in [4.78, 5) is 11.7. The Morgan fingerprint density at radius 1 is 1.20 bits per heavy atom. The number of methoxy groups -OCH3 is 2. The highest BCUT2D eigenvalue weighted by molar-refractivity contribution is 5.49. The molecule has 0 bridgehead atoms. The van der Waals surface area contributed by atoms with Gasteiger partial charge in [-0.1, -0.05) is 13.0 Å². The summed E-state index contributed by atoms with van der Waals surface area (Å²) in [6, 6.07) is 4.12. The summed E-state index contributed by atoms with van der Waals surface area (Å²) in [5.41, 5.74) is 4.70. The van der Waals surface area contributed by atoms with Crippen molar-refractivity contribution in [2.75, 3.05) is 20.8 Å². The standard InChI is InChI=1S/C20H27N3O2/c1-5-6-19-21-11-16-13-23(10-9-17(16)22-19)12-15-7-8-18(24-3)14(2)20(15)25-4/h7-8,11H,5-6,9-10,12-13H2,1-4H3. The van der Waals surface area contributed by atoms with Crippen LogP contribution < -0.4 is 9.47 Å². The SMILES string of the molecule is CCCc1ncc2c(n1)CCN(Cc1ccc(OC)c(C)c1OC)C2. The molecule has 1 aliphatic heterocycles. The molecule has 2 aromatic rings. The molecule has 0 saturated carbocycles. The Balaban J connectivity index is 1.76. The van der Waals surface area contributed by atoms with Crippen LogP contribution in [0.5, 0.6) is 11.5 Å². The topological polar surface area (TPSA) is 47.5 Å². The van der Waals surface area contributed by atoms with Gasteiger partial charge in [-0.25, -0.2) is 9.97 Å². The van der Waals surface area contributed by atoms with E-state index in [4.69, 9.17) is 14.5 Å². The van der Waals surface area contributed by atoms with E-state index in [9.17, 15) is 0 Å². The molecular weight excluding hydrogens is 314 g/mol. The zero-order valence-corrected chi connectivity index (χ0v) is 15.6. The van der Waals surface area contributed by atoms with Crippen LogP contribution in [0.15, 0.2) is 18.3 Å². The van der Waals surface area contributed by atoms with Crippen LogP contribution in [0.2, 0.25) is 0 Å². The normalized spacial score (nSPS) is 14.2. The fourth-order valence-corrected chi connectivity index (χ4v) is 3.50. The fraction of sp³-hybridized carbons (Fsp3) is 0.500. The van der Waals surface area contributed by atoms with E-state index in [0.29, 0.717) is 0 Å². The third-order valence-electron chi connectivity index (χ3n) is 4.79. The van der Waals surface area contributed by atoms with Gasteiger partial charge in [-0.3, -0.25) is 4.90 Å². The summed E-state index contributed by atoms with van der Waals surface area (Å²) in [7, 11) is 3.41. The van der Waals surface area contributed by atoms with Crippen LogP contribution in [-0.2, 0) is 25.9 Å². The predicted molar refractivity (Wildman–Crippen MR) is 98.1 cm³/mol. The highest BCUT2D eigenvalue weighted by atomic mass is 16.5. The number of aromatic nitrogens is 2. The monoisotopic (exact) mass is 341 g/mol. The van der Waals surface area contributed by atoms with Crippen LogP contribution in [-0.4, -0.2) is 35.6 Å². The van der Waals surface area contributed by atoms with Gasteiger partial charge in [0.2, 0.25) is 0 Å². The van der Waals surface area contributed by atoms with Crippen molar-refractivity contribution in [2.24, 2.45) is 0 Å². The first-order chi connectivity index (χ1) is 12.2. The minimum atomic E-state index is 0.851. The summed E-state index contributed by atoms with van der Waals surface area (Å²) in [5, 5.41) is 0. The van der Waals surface area contributed by atoms with Gasteiger partial charge < -0.3 is 9.47 Å². The second kappa shape index (κ2) is 7.83. The lowest BCUT2D eigenvalue weighted by Gasteiger charge is -2.29. The fourth-order valence-electron chi connectivity index (χ4n) is 3.50. The van der Waals surface area contributed by atoms with E-state index in [1.807, 2.05) is 19.2 Å². The number of aryl methyl sites for hydroxylation is 1. The average molecular weight is 341 g/mol. The second-order valence-electron chi connectivity index (χ2n) is 6.55. The molecule has 0 amide bonds. The van der Waals surface area contributed by atoms with Gasteiger partial charge in [-0.15, -0.1) is 0 Å². The molecule has 25 heavy (non-hydrogen) atoms. The second-order valence-corrected chi connectivity index (χ2v) is 6.55. The van der Waals surface area contributed by atoms with Crippen molar-refractivity contribution in [1.29, 1.82) is 0 Å². The van der Waals surface area contributed by atoms with E-state index in [1.165, 1.54) is 16.8 Å². The van der Waals surface area contributed by atoms with Crippen molar-refractivity contribution < 1.29 is 9.47 Å². The van der Waals surface area contributed by atoms with Crippen molar-refractivity contribution in [3.63, 3.8) is 0 Å². The van der Waals surface area contributed by atoms with Crippen LogP contribution >= 0.6 is 0 Å². The Kier molecular flexibility index (Phi) is 5.53. The first-order valence-corrected chi connectivity index (χ1v) is 8.92. The zero-order valence-electron chi connectivity index (χ0n) is 15.6. The summed E-state index contributed by atoms with van der Waals surface area (Å²) in [6.07, 6.45) is 5.03. The van der Waals surface area contributed by atoms with Gasteiger partial charge in [0.25, 0.3) is 0 Å². The van der Waals surface area contributed by atoms with Crippen molar-refractivity contribution in [3.05, 3.63) is 46.5 Å². The molecule has 0 unspecified atom stereocenters. The van der Waals surface area contributed by atoms with E-state index in [1.54, 1.807) is 14.2 Å². The summed E-state index contributed by atoms with van der Waals surface area (Å²) in [5.74, 6) is 2.75. The highest BCUT2D eigenvalue weighted by Gasteiger charge is 2.20. The summed E-state index contributed by atoms with van der Waals surface area (Å²) in [6.45, 7) is 6.94. The maximum Gasteiger partial charge on any atom is 0.129 e. The number of hydrogen-bond donors (Lipinski definition) is 0. The van der Waals surface area contributed by atoms with Crippen LogP contribution in [0.1, 0.15) is 41.6 Å². The van der Waals surface area contributed by atoms with Gasteiger partial charge >= 0.3 is 0 Å². The maximum atomic E-state index is 5.64.